The second-order valence-corrected chi connectivity index (χ2v) is 5.88. The van der Waals surface area contributed by atoms with Gasteiger partial charge in [-0.3, -0.25) is 0 Å². The van der Waals surface area contributed by atoms with E-state index in [1.165, 1.54) is 0 Å². The average Bonchev–Trinajstić information content (AvgIpc) is 2.65. The van der Waals surface area contributed by atoms with Gasteiger partial charge >= 0.3 is 0 Å². The highest BCUT2D eigenvalue weighted by Crippen LogP contribution is 2.33. The summed E-state index contributed by atoms with van der Waals surface area (Å²) < 4.78 is 1.89. The van der Waals surface area contributed by atoms with Gasteiger partial charge in [-0.05, 0) is 36.6 Å². The lowest BCUT2D eigenvalue weighted by Gasteiger charge is -2.26. The van der Waals surface area contributed by atoms with Gasteiger partial charge in [0.05, 0.1) is 16.2 Å². The molecule has 0 aliphatic rings. The predicted molar refractivity (Wildman–Crippen MR) is 83.5 cm³/mol. The monoisotopic (exact) mass is 299 g/mol. The highest BCUT2D eigenvalue weighted by molar-refractivity contribution is 6.36. The van der Waals surface area contributed by atoms with Crippen molar-refractivity contribution in [3.05, 3.63) is 22.4 Å². The van der Waals surface area contributed by atoms with Crippen LogP contribution in [0.15, 0.2) is 12.1 Å². The third kappa shape index (κ3) is 2.67. The molecule has 0 aliphatic carbocycles. The summed E-state index contributed by atoms with van der Waals surface area (Å²) in [7, 11) is 1.92. The van der Waals surface area contributed by atoms with Crippen molar-refractivity contribution in [2.45, 2.75) is 20.8 Å². The lowest BCUT2D eigenvalue weighted by atomic mass is 10.1. The second kappa shape index (κ2) is 5.59. The van der Waals surface area contributed by atoms with E-state index < -0.39 is 0 Å². The topological polar surface area (TPSA) is 21.1 Å². The fourth-order valence-corrected chi connectivity index (χ4v) is 2.70. The molecule has 0 spiro atoms. The van der Waals surface area contributed by atoms with Crippen LogP contribution < -0.4 is 4.90 Å². The molecule has 0 aliphatic heterocycles. The number of fused-ring (bicyclic) bond motifs is 1. The lowest BCUT2D eigenvalue weighted by molar-refractivity contribution is 0.619. The molecule has 0 saturated heterocycles. The number of anilines is 1. The molecule has 1 aromatic carbocycles. The molecule has 1 heterocycles. The zero-order valence-electron chi connectivity index (χ0n) is 11.7. The van der Waals surface area contributed by atoms with Crippen molar-refractivity contribution in [2.75, 3.05) is 18.0 Å². The molecule has 0 N–H and O–H groups in total. The normalized spacial score (nSPS) is 11.5. The highest BCUT2D eigenvalue weighted by atomic mass is 35.5. The minimum Gasteiger partial charge on any atom is -0.370 e. The van der Waals surface area contributed by atoms with E-state index in [9.17, 15) is 0 Å². The molecule has 5 heteroatoms. The van der Waals surface area contributed by atoms with Gasteiger partial charge in [-0.1, -0.05) is 25.4 Å². The Kier molecular flexibility index (Phi) is 4.26. The van der Waals surface area contributed by atoms with Crippen LogP contribution in [0.3, 0.4) is 0 Å². The van der Waals surface area contributed by atoms with Crippen LogP contribution in [0.2, 0.25) is 10.3 Å². The van der Waals surface area contributed by atoms with Gasteiger partial charge in [-0.2, -0.15) is 0 Å². The van der Waals surface area contributed by atoms with Gasteiger partial charge in [0, 0.05) is 20.1 Å². The smallest absolute Gasteiger partial charge is 0.203 e. The first-order valence-electron chi connectivity index (χ1n) is 6.51. The number of imidazole rings is 1. The van der Waals surface area contributed by atoms with Gasteiger partial charge in [0.15, 0.2) is 0 Å². The summed E-state index contributed by atoms with van der Waals surface area (Å²) in [6.45, 7) is 8.52. The van der Waals surface area contributed by atoms with Crippen molar-refractivity contribution in [3.8, 4) is 0 Å². The van der Waals surface area contributed by atoms with E-state index in [1.54, 1.807) is 0 Å². The first kappa shape index (κ1) is 14.5. The summed E-state index contributed by atoms with van der Waals surface area (Å²) >= 11 is 12.3. The highest BCUT2D eigenvalue weighted by Gasteiger charge is 2.17. The Labute approximate surface area is 124 Å². The van der Waals surface area contributed by atoms with Gasteiger partial charge in [0.2, 0.25) is 5.28 Å². The Hall–Kier alpha value is -0.930. The molecule has 3 nitrogen and oxygen atoms in total. The van der Waals surface area contributed by atoms with Crippen molar-refractivity contribution < 1.29 is 0 Å². The maximum atomic E-state index is 6.21. The predicted octanol–water partition coefficient (Wildman–Crippen LogP) is 4.36. The Balaban J connectivity index is 2.62. The van der Waals surface area contributed by atoms with Crippen molar-refractivity contribution in [1.29, 1.82) is 0 Å². The number of hydrogen-bond donors (Lipinski definition) is 0. The summed E-state index contributed by atoms with van der Waals surface area (Å²) in [5.74, 6) is 0.592. The van der Waals surface area contributed by atoms with Gasteiger partial charge in [0.25, 0.3) is 0 Å². The number of benzene rings is 1. The van der Waals surface area contributed by atoms with Crippen LogP contribution in [0.4, 0.5) is 5.69 Å². The molecule has 0 atom stereocenters. The minimum atomic E-state index is 0.463. The van der Waals surface area contributed by atoms with Gasteiger partial charge in [0.1, 0.15) is 5.52 Å². The lowest BCUT2D eigenvalue weighted by Crippen LogP contribution is -2.27. The number of halogens is 2. The molecule has 0 amide bonds. The second-order valence-electron chi connectivity index (χ2n) is 5.14. The molecule has 104 valence electrons. The third-order valence-electron chi connectivity index (χ3n) is 3.20. The van der Waals surface area contributed by atoms with E-state index in [0.29, 0.717) is 16.2 Å². The van der Waals surface area contributed by atoms with E-state index in [1.807, 2.05) is 17.7 Å². The van der Waals surface area contributed by atoms with Crippen LogP contribution in [-0.4, -0.2) is 22.6 Å². The summed E-state index contributed by atoms with van der Waals surface area (Å²) in [5.41, 5.74) is 2.91. The average molecular weight is 300 g/mol. The van der Waals surface area contributed by atoms with Gasteiger partial charge < -0.3 is 9.47 Å². The fraction of sp³-hybridized carbons (Fsp3) is 0.500. The van der Waals surface area contributed by atoms with E-state index in [-0.39, 0.29) is 0 Å². The number of hydrogen-bond acceptors (Lipinski definition) is 2. The first-order chi connectivity index (χ1) is 8.95. The maximum absolute atomic E-state index is 6.21. The minimum absolute atomic E-state index is 0.463. The first-order valence-corrected chi connectivity index (χ1v) is 7.26. The van der Waals surface area contributed by atoms with Crippen LogP contribution in [0.25, 0.3) is 11.0 Å². The van der Waals surface area contributed by atoms with Crippen LogP contribution in [0.5, 0.6) is 0 Å². The number of rotatable bonds is 4. The molecular formula is C14H19Cl2N3. The van der Waals surface area contributed by atoms with E-state index in [2.05, 4.69) is 36.7 Å². The van der Waals surface area contributed by atoms with Crippen LogP contribution in [0.1, 0.15) is 20.8 Å². The van der Waals surface area contributed by atoms with Crippen molar-refractivity contribution in [3.63, 3.8) is 0 Å². The van der Waals surface area contributed by atoms with Crippen molar-refractivity contribution in [2.24, 2.45) is 13.0 Å². The Morgan fingerprint density at radius 1 is 1.32 bits per heavy atom. The van der Waals surface area contributed by atoms with Crippen LogP contribution in [0, 0.1) is 5.92 Å². The SMILES string of the molecule is CCN(CC(C)C)c1ccc(Cl)c2nc(Cl)n(C)c12. The van der Waals surface area contributed by atoms with E-state index in [0.717, 1.165) is 29.8 Å². The molecule has 0 fully saturated rings. The Morgan fingerprint density at radius 3 is 2.58 bits per heavy atom. The number of nitrogens with zero attached hydrogens (tertiary/aromatic N) is 3. The van der Waals surface area contributed by atoms with Crippen molar-refractivity contribution >= 4 is 39.9 Å². The van der Waals surface area contributed by atoms with Crippen LogP contribution in [-0.2, 0) is 7.05 Å². The molecule has 0 bridgehead atoms. The van der Waals surface area contributed by atoms with E-state index >= 15 is 0 Å². The largest absolute Gasteiger partial charge is 0.370 e. The Bertz CT molecular complexity index is 590. The third-order valence-corrected chi connectivity index (χ3v) is 3.85. The zero-order valence-corrected chi connectivity index (χ0v) is 13.3. The molecule has 2 aromatic rings. The molecule has 0 saturated carbocycles. The summed E-state index contributed by atoms with van der Waals surface area (Å²) in [5, 5.41) is 1.10. The van der Waals surface area contributed by atoms with Crippen molar-refractivity contribution in [1.82, 2.24) is 9.55 Å². The molecular weight excluding hydrogens is 281 g/mol. The number of aromatic nitrogens is 2. The molecule has 1 aromatic heterocycles. The Morgan fingerprint density at radius 2 is 2.00 bits per heavy atom. The van der Waals surface area contributed by atoms with E-state index in [4.69, 9.17) is 23.2 Å². The number of aryl methyl sites for hydroxylation is 1. The summed E-state index contributed by atoms with van der Waals surface area (Å²) in [6, 6.07) is 3.94. The summed E-state index contributed by atoms with van der Waals surface area (Å²) in [4.78, 5) is 6.67. The molecule has 0 radical (unpaired) electrons. The fourth-order valence-electron chi connectivity index (χ4n) is 2.33. The molecule has 0 unspecified atom stereocenters. The summed E-state index contributed by atoms with van der Waals surface area (Å²) in [6.07, 6.45) is 0. The van der Waals surface area contributed by atoms with Crippen LogP contribution >= 0.6 is 23.2 Å². The zero-order chi connectivity index (χ0) is 14.2. The molecule has 2 rings (SSSR count). The molecule has 19 heavy (non-hydrogen) atoms. The standard InChI is InChI=1S/C14H19Cl2N3/c1-5-19(8-9(2)3)11-7-6-10(15)12-13(11)18(4)14(16)17-12/h6-7,9H,5,8H2,1-4H3. The van der Waals surface area contributed by atoms with Gasteiger partial charge in [-0.15, -0.1) is 0 Å². The quantitative estimate of drug-likeness (QED) is 0.836. The maximum Gasteiger partial charge on any atom is 0.203 e. The van der Waals surface area contributed by atoms with Gasteiger partial charge in [-0.25, -0.2) is 4.98 Å².